The monoisotopic (exact) mass is 611 g/mol. The van der Waals surface area contributed by atoms with Crippen LogP contribution in [0.1, 0.15) is 46.5 Å². The topological polar surface area (TPSA) is 102 Å². The standard InChI is InChI=1S/C34H45N9O2/c1-23-4-5-24(2)43(23)33-38-31(37-32(39-33)42-20-21-45-22-25(42)3)26-6-8-27(9-7-26)35-34(44)36-28-10-12-29(13-11-28)40-16-18-41(19-17-40)30-14-15-30/h6-13,23-25,30H,4-5,14-22H2,1-3H3,(H2,35,36,44)/t23-,24+,25?. The van der Waals surface area contributed by atoms with E-state index in [1.54, 1.807) is 0 Å². The first-order valence-electron chi connectivity index (χ1n) is 16.6. The van der Waals surface area contributed by atoms with Crippen LogP contribution in [-0.2, 0) is 4.74 Å². The Morgan fingerprint density at radius 3 is 1.98 bits per heavy atom. The van der Waals surface area contributed by atoms with Crippen molar-refractivity contribution >= 4 is 35.0 Å². The fourth-order valence-corrected chi connectivity index (χ4v) is 6.88. The van der Waals surface area contributed by atoms with Crippen LogP contribution in [0.15, 0.2) is 48.5 Å². The van der Waals surface area contributed by atoms with Crippen LogP contribution in [0.5, 0.6) is 0 Å². The Bertz CT molecular complexity index is 1460. The van der Waals surface area contributed by atoms with E-state index in [2.05, 4.69) is 63.1 Å². The van der Waals surface area contributed by atoms with E-state index in [0.717, 1.165) is 68.8 Å². The molecule has 238 valence electrons. The van der Waals surface area contributed by atoms with Crippen molar-refractivity contribution < 1.29 is 9.53 Å². The zero-order valence-corrected chi connectivity index (χ0v) is 26.7. The molecule has 1 saturated carbocycles. The van der Waals surface area contributed by atoms with Crippen molar-refractivity contribution in [3.8, 4) is 11.4 Å². The van der Waals surface area contributed by atoms with Gasteiger partial charge in [0.2, 0.25) is 11.9 Å². The van der Waals surface area contributed by atoms with Crippen LogP contribution in [0.25, 0.3) is 11.4 Å². The van der Waals surface area contributed by atoms with Crippen molar-refractivity contribution in [2.24, 2.45) is 0 Å². The molecule has 7 rings (SSSR count). The Kier molecular flexibility index (Phi) is 8.46. The molecule has 2 N–H and O–H groups in total. The first-order chi connectivity index (χ1) is 21.9. The fourth-order valence-electron chi connectivity index (χ4n) is 6.88. The van der Waals surface area contributed by atoms with Crippen molar-refractivity contribution in [3.63, 3.8) is 0 Å². The number of anilines is 5. The maximum Gasteiger partial charge on any atom is 0.323 e. The lowest BCUT2D eigenvalue weighted by Gasteiger charge is -2.36. The molecule has 11 nitrogen and oxygen atoms in total. The minimum atomic E-state index is -0.281. The summed E-state index contributed by atoms with van der Waals surface area (Å²) in [5.74, 6) is 2.04. The summed E-state index contributed by atoms with van der Waals surface area (Å²) in [7, 11) is 0. The quantitative estimate of drug-likeness (QED) is 0.379. The summed E-state index contributed by atoms with van der Waals surface area (Å²) in [4.78, 5) is 37.2. The van der Waals surface area contributed by atoms with Gasteiger partial charge >= 0.3 is 6.03 Å². The van der Waals surface area contributed by atoms with E-state index in [1.165, 1.54) is 18.5 Å². The van der Waals surface area contributed by atoms with Gasteiger partial charge in [-0.05, 0) is 95.0 Å². The summed E-state index contributed by atoms with van der Waals surface area (Å²) >= 11 is 0. The summed E-state index contributed by atoms with van der Waals surface area (Å²) in [6, 6.07) is 17.3. The van der Waals surface area contributed by atoms with Crippen molar-refractivity contribution in [3.05, 3.63) is 48.5 Å². The summed E-state index contributed by atoms with van der Waals surface area (Å²) in [6.07, 6.45) is 4.96. The first kappa shape index (κ1) is 29.7. The fraction of sp³-hybridized carbons (Fsp3) is 0.529. The lowest BCUT2D eigenvalue weighted by Crippen LogP contribution is -2.47. The van der Waals surface area contributed by atoms with Gasteiger partial charge in [0.1, 0.15) is 0 Å². The highest BCUT2D eigenvalue weighted by Gasteiger charge is 2.32. The van der Waals surface area contributed by atoms with Crippen molar-refractivity contribution in [1.82, 2.24) is 19.9 Å². The number of benzene rings is 2. The Morgan fingerprint density at radius 2 is 1.36 bits per heavy atom. The minimum Gasteiger partial charge on any atom is -0.377 e. The molecule has 0 spiro atoms. The third-order valence-electron chi connectivity index (χ3n) is 9.69. The van der Waals surface area contributed by atoms with E-state index >= 15 is 0 Å². The van der Waals surface area contributed by atoms with Crippen LogP contribution in [0.4, 0.5) is 33.8 Å². The van der Waals surface area contributed by atoms with E-state index in [1.807, 2.05) is 36.4 Å². The molecule has 1 aromatic heterocycles. The van der Waals surface area contributed by atoms with Gasteiger partial charge in [-0.25, -0.2) is 4.79 Å². The highest BCUT2D eigenvalue weighted by Crippen LogP contribution is 2.32. The number of carbonyl (C=O) groups is 1. The molecule has 3 saturated heterocycles. The van der Waals surface area contributed by atoms with Crippen LogP contribution in [0, 0.1) is 0 Å². The molecule has 2 amide bonds. The second kappa shape index (κ2) is 12.8. The molecular weight excluding hydrogens is 566 g/mol. The molecule has 4 fully saturated rings. The highest BCUT2D eigenvalue weighted by molar-refractivity contribution is 5.99. The second-order valence-electron chi connectivity index (χ2n) is 13.0. The van der Waals surface area contributed by atoms with Gasteiger partial charge in [-0.15, -0.1) is 0 Å². The number of hydrogen-bond acceptors (Lipinski definition) is 9. The van der Waals surface area contributed by atoms with Gasteiger partial charge in [0.05, 0.1) is 19.3 Å². The van der Waals surface area contributed by atoms with Crippen LogP contribution < -0.4 is 25.3 Å². The van der Waals surface area contributed by atoms with Gasteiger partial charge in [-0.1, -0.05) is 0 Å². The average Bonchev–Trinajstić information content (AvgIpc) is 3.85. The molecule has 3 atom stereocenters. The smallest absolute Gasteiger partial charge is 0.323 e. The number of aromatic nitrogens is 3. The molecule has 0 radical (unpaired) electrons. The van der Waals surface area contributed by atoms with E-state index in [-0.39, 0.29) is 12.1 Å². The molecule has 2 aromatic carbocycles. The van der Waals surface area contributed by atoms with Gasteiger partial charge < -0.3 is 30.1 Å². The number of nitrogens with zero attached hydrogens (tertiary/aromatic N) is 7. The lowest BCUT2D eigenvalue weighted by atomic mass is 10.2. The summed E-state index contributed by atoms with van der Waals surface area (Å²) in [5.41, 5.74) is 3.53. The number of carbonyl (C=O) groups excluding carboxylic acids is 1. The zero-order valence-electron chi connectivity index (χ0n) is 26.7. The number of nitrogens with one attached hydrogen (secondary N) is 2. The third-order valence-corrected chi connectivity index (χ3v) is 9.69. The SMILES string of the molecule is CC1COCCN1c1nc(-c2ccc(NC(=O)Nc3ccc(N4CCN(C5CC5)CC4)cc3)cc2)nc(N2[C@H](C)CC[C@@H]2C)n1. The van der Waals surface area contributed by atoms with Gasteiger partial charge in [-0.3, -0.25) is 4.90 Å². The van der Waals surface area contributed by atoms with E-state index < -0.39 is 0 Å². The molecule has 45 heavy (non-hydrogen) atoms. The maximum atomic E-state index is 12.8. The number of amides is 2. The molecule has 3 aliphatic heterocycles. The van der Waals surface area contributed by atoms with E-state index in [4.69, 9.17) is 19.7 Å². The van der Waals surface area contributed by atoms with Crippen molar-refractivity contribution in [2.45, 2.75) is 70.6 Å². The minimum absolute atomic E-state index is 0.180. The summed E-state index contributed by atoms with van der Waals surface area (Å²) in [5, 5.41) is 5.92. The predicted octanol–water partition coefficient (Wildman–Crippen LogP) is 5.07. The molecule has 0 bridgehead atoms. The predicted molar refractivity (Wildman–Crippen MR) is 179 cm³/mol. The Balaban J connectivity index is 1.01. The maximum absolute atomic E-state index is 12.8. The van der Waals surface area contributed by atoms with E-state index in [9.17, 15) is 4.79 Å². The summed E-state index contributed by atoms with van der Waals surface area (Å²) < 4.78 is 5.67. The molecule has 1 aliphatic carbocycles. The van der Waals surface area contributed by atoms with Gasteiger partial charge in [0.25, 0.3) is 0 Å². The van der Waals surface area contributed by atoms with Gasteiger partial charge in [0, 0.05) is 73.5 Å². The molecule has 4 heterocycles. The average molecular weight is 612 g/mol. The number of piperazine rings is 1. The number of urea groups is 1. The molecular formula is C34H45N9O2. The number of ether oxygens (including phenoxy) is 1. The zero-order chi connectivity index (χ0) is 30.9. The van der Waals surface area contributed by atoms with Crippen LogP contribution in [0.2, 0.25) is 0 Å². The first-order valence-corrected chi connectivity index (χ1v) is 16.6. The van der Waals surface area contributed by atoms with Crippen LogP contribution >= 0.6 is 0 Å². The number of rotatable bonds is 7. The highest BCUT2D eigenvalue weighted by atomic mass is 16.5. The van der Waals surface area contributed by atoms with Crippen LogP contribution in [0.3, 0.4) is 0 Å². The summed E-state index contributed by atoms with van der Waals surface area (Å²) in [6.45, 7) is 13.0. The van der Waals surface area contributed by atoms with Crippen molar-refractivity contribution in [2.75, 3.05) is 71.3 Å². The largest absolute Gasteiger partial charge is 0.377 e. The van der Waals surface area contributed by atoms with Crippen LogP contribution in [-0.4, -0.2) is 96.0 Å². The molecule has 1 unspecified atom stereocenters. The number of morpholine rings is 1. The Morgan fingerprint density at radius 1 is 0.733 bits per heavy atom. The third kappa shape index (κ3) is 6.69. The second-order valence-corrected chi connectivity index (χ2v) is 13.0. The number of hydrogen-bond donors (Lipinski definition) is 2. The van der Waals surface area contributed by atoms with Gasteiger partial charge in [0.15, 0.2) is 5.82 Å². The van der Waals surface area contributed by atoms with Crippen molar-refractivity contribution in [1.29, 1.82) is 0 Å². The molecule has 4 aliphatic rings. The van der Waals surface area contributed by atoms with E-state index in [0.29, 0.717) is 42.8 Å². The van der Waals surface area contributed by atoms with Gasteiger partial charge in [-0.2, -0.15) is 15.0 Å². The Labute approximate surface area is 266 Å². The molecule has 3 aromatic rings. The Hall–Kier alpha value is -3.96. The lowest BCUT2D eigenvalue weighted by molar-refractivity contribution is 0.0981. The molecule has 11 heteroatoms. The normalized spacial score (nSPS) is 24.2.